The summed E-state index contributed by atoms with van der Waals surface area (Å²) in [4.78, 5) is 0. The topological polar surface area (TPSA) is 0 Å². The van der Waals surface area contributed by atoms with E-state index >= 15 is 0 Å². The van der Waals surface area contributed by atoms with Crippen molar-refractivity contribution in [3.8, 4) is 5.92 Å². The van der Waals surface area contributed by atoms with Gasteiger partial charge in [0.25, 0.3) is 0 Å². The predicted octanol–water partition coefficient (Wildman–Crippen LogP) is -0.755. The van der Waals surface area contributed by atoms with E-state index in [0.29, 0.717) is 0 Å². The molecule has 50 valence electrons. The van der Waals surface area contributed by atoms with E-state index in [0.717, 1.165) is 5.56 Å². The Kier molecular flexibility index (Phi) is 4.05. The van der Waals surface area contributed by atoms with Crippen molar-refractivity contribution in [2.45, 2.75) is 13.8 Å². The van der Waals surface area contributed by atoms with Crippen LogP contribution in [0.4, 0.5) is 0 Å². The van der Waals surface area contributed by atoms with Crippen molar-refractivity contribution in [2.75, 3.05) is 0 Å². The van der Waals surface area contributed by atoms with E-state index < -0.39 is 0 Å². The average Bonchev–Trinajstić information content (AvgIpc) is 1.95. The second-order valence-electron chi connectivity index (χ2n) is 2.42. The van der Waals surface area contributed by atoms with E-state index in [-0.39, 0.29) is 18.9 Å². The first-order valence-electron chi connectivity index (χ1n) is 3.24. The molecule has 1 aromatic rings. The molecule has 0 atom stereocenters. The summed E-state index contributed by atoms with van der Waals surface area (Å²) < 4.78 is 0. The largest absolute Gasteiger partial charge is 1.00 e. The fourth-order valence-corrected chi connectivity index (χ4v) is 0.819. The smallest absolute Gasteiger partial charge is 0.366 e. The Morgan fingerprint density at radius 1 is 1.18 bits per heavy atom. The van der Waals surface area contributed by atoms with Gasteiger partial charge in [0.05, 0.1) is 0 Å². The molecular formula is C10H9Li. The molecule has 0 heterocycles. The molecule has 0 radical (unpaired) electrons. The number of hydrogen-bond donors (Lipinski definition) is 0. The molecule has 0 saturated carbocycles. The van der Waals surface area contributed by atoms with Gasteiger partial charge in [-0.3, -0.25) is 5.92 Å². The van der Waals surface area contributed by atoms with E-state index in [9.17, 15) is 0 Å². The summed E-state index contributed by atoms with van der Waals surface area (Å²) in [5, 5.41) is 0. The Morgan fingerprint density at radius 3 is 2.27 bits per heavy atom. The van der Waals surface area contributed by atoms with Crippen LogP contribution in [0.2, 0.25) is 0 Å². The van der Waals surface area contributed by atoms with E-state index in [1.807, 2.05) is 25.1 Å². The van der Waals surface area contributed by atoms with Gasteiger partial charge in [0.2, 0.25) is 0 Å². The van der Waals surface area contributed by atoms with E-state index in [1.54, 1.807) is 0 Å². The van der Waals surface area contributed by atoms with Gasteiger partial charge in [0.15, 0.2) is 0 Å². The zero-order chi connectivity index (χ0) is 7.56. The minimum Gasteiger partial charge on any atom is -0.366 e. The molecule has 0 aliphatic rings. The SMILES string of the molecule is [C-]#Cc1ccc(C)c(C)c1.[Li+]. The standard InChI is InChI=1S/C10H9.Li/c1-4-10-6-5-8(2)9(3)7-10;/h5-7H,2-3H3;/q-1;+1. The van der Waals surface area contributed by atoms with Gasteiger partial charge in [0, 0.05) is 0 Å². The van der Waals surface area contributed by atoms with Gasteiger partial charge in [-0.25, -0.2) is 0 Å². The van der Waals surface area contributed by atoms with Gasteiger partial charge < -0.3 is 6.42 Å². The Morgan fingerprint density at radius 2 is 1.82 bits per heavy atom. The van der Waals surface area contributed by atoms with Crippen molar-refractivity contribution < 1.29 is 18.9 Å². The first-order chi connectivity index (χ1) is 4.74. The van der Waals surface area contributed by atoms with Gasteiger partial charge in [-0.2, -0.15) is 0 Å². The molecule has 1 aromatic carbocycles. The molecule has 0 fully saturated rings. The minimum atomic E-state index is 0. The summed E-state index contributed by atoms with van der Waals surface area (Å²) in [5.74, 6) is 2.34. The molecule has 0 aliphatic heterocycles. The minimum absolute atomic E-state index is 0. The first kappa shape index (κ1) is 10.4. The summed E-state index contributed by atoms with van der Waals surface area (Å²) in [6.45, 7) is 4.10. The third kappa shape index (κ3) is 2.47. The van der Waals surface area contributed by atoms with Gasteiger partial charge in [0.1, 0.15) is 0 Å². The van der Waals surface area contributed by atoms with Gasteiger partial charge in [-0.15, -0.1) is 17.7 Å². The summed E-state index contributed by atoms with van der Waals surface area (Å²) >= 11 is 0. The molecule has 0 unspecified atom stereocenters. The van der Waals surface area contributed by atoms with Crippen LogP contribution in [0.1, 0.15) is 16.7 Å². The summed E-state index contributed by atoms with van der Waals surface area (Å²) in [6, 6.07) is 5.86. The predicted molar refractivity (Wildman–Crippen MR) is 42.1 cm³/mol. The zero-order valence-electron chi connectivity index (χ0n) is 7.23. The molecule has 0 nitrogen and oxygen atoms in total. The molecule has 11 heavy (non-hydrogen) atoms. The molecular weight excluding hydrogens is 127 g/mol. The number of aryl methyl sites for hydroxylation is 2. The van der Waals surface area contributed by atoms with Crippen LogP contribution in [-0.2, 0) is 0 Å². The van der Waals surface area contributed by atoms with Crippen LogP contribution in [0.25, 0.3) is 0 Å². The fourth-order valence-electron chi connectivity index (χ4n) is 0.819. The normalized spacial score (nSPS) is 8.09. The van der Waals surface area contributed by atoms with Crippen molar-refractivity contribution >= 4 is 0 Å². The van der Waals surface area contributed by atoms with Crippen molar-refractivity contribution in [1.29, 1.82) is 0 Å². The summed E-state index contributed by atoms with van der Waals surface area (Å²) in [7, 11) is 0. The van der Waals surface area contributed by atoms with E-state index in [2.05, 4.69) is 12.8 Å². The third-order valence-corrected chi connectivity index (χ3v) is 1.65. The Labute approximate surface area is 80.2 Å². The third-order valence-electron chi connectivity index (χ3n) is 1.65. The fraction of sp³-hybridized carbons (Fsp3) is 0.200. The van der Waals surface area contributed by atoms with E-state index in [4.69, 9.17) is 6.42 Å². The molecule has 0 aromatic heterocycles. The van der Waals surface area contributed by atoms with Crippen molar-refractivity contribution in [3.63, 3.8) is 0 Å². The molecule has 0 bridgehead atoms. The van der Waals surface area contributed by atoms with Crippen LogP contribution in [0.3, 0.4) is 0 Å². The van der Waals surface area contributed by atoms with Gasteiger partial charge >= 0.3 is 18.9 Å². The molecule has 1 rings (SSSR count). The molecule has 0 N–H and O–H groups in total. The van der Waals surface area contributed by atoms with Crippen LogP contribution < -0.4 is 18.9 Å². The molecule has 0 spiro atoms. The molecule has 0 amide bonds. The van der Waals surface area contributed by atoms with Crippen LogP contribution >= 0.6 is 0 Å². The van der Waals surface area contributed by atoms with Crippen LogP contribution in [0.15, 0.2) is 18.2 Å². The van der Waals surface area contributed by atoms with Gasteiger partial charge in [-0.05, 0) is 13.8 Å². The van der Waals surface area contributed by atoms with E-state index in [1.165, 1.54) is 11.1 Å². The second-order valence-corrected chi connectivity index (χ2v) is 2.42. The molecule has 0 saturated heterocycles. The zero-order valence-corrected chi connectivity index (χ0v) is 7.23. The molecule has 0 aliphatic carbocycles. The summed E-state index contributed by atoms with van der Waals surface area (Å²) in [5.41, 5.74) is 3.33. The number of benzene rings is 1. The second kappa shape index (κ2) is 4.30. The van der Waals surface area contributed by atoms with Crippen molar-refractivity contribution in [1.82, 2.24) is 0 Å². The Bertz CT molecular complexity index is 281. The maximum Gasteiger partial charge on any atom is 1.00 e. The number of rotatable bonds is 0. The average molecular weight is 136 g/mol. The van der Waals surface area contributed by atoms with Crippen LogP contribution in [0.5, 0.6) is 0 Å². The Balaban J connectivity index is 0.000001000. The number of hydrogen-bond acceptors (Lipinski definition) is 0. The van der Waals surface area contributed by atoms with Crippen molar-refractivity contribution in [2.24, 2.45) is 0 Å². The summed E-state index contributed by atoms with van der Waals surface area (Å²) in [6.07, 6.45) is 6.86. The van der Waals surface area contributed by atoms with Crippen LogP contribution in [0, 0.1) is 26.2 Å². The van der Waals surface area contributed by atoms with Crippen molar-refractivity contribution in [3.05, 3.63) is 41.3 Å². The van der Waals surface area contributed by atoms with Gasteiger partial charge in [-0.1, -0.05) is 17.2 Å². The van der Waals surface area contributed by atoms with Crippen LogP contribution in [-0.4, -0.2) is 0 Å². The maximum absolute atomic E-state index is 6.86. The maximum atomic E-state index is 6.86. The monoisotopic (exact) mass is 136 g/mol. The molecule has 1 heteroatoms. The first-order valence-corrected chi connectivity index (χ1v) is 3.24. The quantitative estimate of drug-likeness (QED) is 0.250. The Hall–Kier alpha value is -0.623.